The monoisotopic (exact) mass is 523 g/mol. The van der Waals surface area contributed by atoms with Crippen molar-refractivity contribution in [1.29, 1.82) is 0 Å². The van der Waals surface area contributed by atoms with E-state index < -0.39 is 6.10 Å². The van der Waals surface area contributed by atoms with Crippen LogP contribution in [0.3, 0.4) is 0 Å². The Morgan fingerprint density at radius 3 is 2.59 bits per heavy atom. The Labute approximate surface area is 220 Å². The predicted molar refractivity (Wildman–Crippen MR) is 146 cm³/mol. The molecule has 11 heteroatoms. The Hall–Kier alpha value is -3.02. The summed E-state index contributed by atoms with van der Waals surface area (Å²) in [4.78, 5) is 34.3. The van der Waals surface area contributed by atoms with Crippen molar-refractivity contribution in [2.75, 3.05) is 72.5 Å². The number of aromatic nitrogens is 3. The Balaban J connectivity index is 1.31. The molecule has 3 aromatic rings. The number of thiazole rings is 1. The highest BCUT2D eigenvalue weighted by molar-refractivity contribution is 7.22. The van der Waals surface area contributed by atoms with Gasteiger partial charge in [0, 0.05) is 39.3 Å². The molecular formula is C26H33N7O3S. The van der Waals surface area contributed by atoms with E-state index in [0.717, 1.165) is 74.1 Å². The molecule has 0 unspecified atom stereocenters. The molecular weight excluding hydrogens is 490 g/mol. The lowest BCUT2D eigenvalue weighted by molar-refractivity contribution is 0.102. The summed E-state index contributed by atoms with van der Waals surface area (Å²) in [6.45, 7) is 6.15. The molecule has 6 rings (SSSR count). The average Bonchev–Trinajstić information content (AvgIpc) is 3.37. The molecule has 10 nitrogen and oxygen atoms in total. The van der Waals surface area contributed by atoms with Crippen LogP contribution in [0.25, 0.3) is 10.3 Å². The number of pyridine rings is 2. The molecule has 0 spiro atoms. The summed E-state index contributed by atoms with van der Waals surface area (Å²) < 4.78 is 6.40. The number of morpholine rings is 1. The number of β-amino-alcohol motifs (C(OH)–C–C–N with tert-alkyl or cyclic N) is 1. The minimum atomic E-state index is -0.419. The molecule has 3 aliphatic heterocycles. The standard InChI is InChI=1S/C26H33N7O3S/c34-18-6-5-11-33(17-18)24-20(16-21-23(29-24)30-26(37-21)32-12-14-36-15-13-32)28-25(35)19-7-4-8-22(27-19)31-9-2-1-3-10-31/h4,7-8,16,18,34H,1-3,5-6,9-15,17H2,(H,28,35)/t18-/m1/s1. The number of aliphatic hydroxyl groups excluding tert-OH is 1. The number of fused-ring (bicyclic) bond motifs is 1. The first-order valence-corrected chi connectivity index (χ1v) is 14.1. The fourth-order valence-corrected chi connectivity index (χ4v) is 6.25. The van der Waals surface area contributed by atoms with E-state index >= 15 is 0 Å². The second-order valence-corrected chi connectivity index (χ2v) is 10.9. The van der Waals surface area contributed by atoms with Crippen molar-refractivity contribution in [2.24, 2.45) is 0 Å². The number of hydrogen-bond donors (Lipinski definition) is 2. The van der Waals surface area contributed by atoms with Crippen molar-refractivity contribution in [3.8, 4) is 0 Å². The summed E-state index contributed by atoms with van der Waals surface area (Å²) in [6.07, 6.45) is 4.75. The number of piperidine rings is 2. The summed E-state index contributed by atoms with van der Waals surface area (Å²) in [6, 6.07) is 7.59. The first-order valence-electron chi connectivity index (χ1n) is 13.2. The molecule has 0 saturated carbocycles. The second kappa shape index (κ2) is 10.8. The maximum Gasteiger partial charge on any atom is 0.274 e. The van der Waals surface area contributed by atoms with Gasteiger partial charge in [-0.1, -0.05) is 17.4 Å². The topological polar surface area (TPSA) is 107 Å². The van der Waals surface area contributed by atoms with Crippen LogP contribution in [-0.4, -0.2) is 84.6 Å². The van der Waals surface area contributed by atoms with E-state index in [1.807, 2.05) is 18.2 Å². The van der Waals surface area contributed by atoms with Gasteiger partial charge in [0.05, 0.1) is 29.7 Å². The highest BCUT2D eigenvalue weighted by Gasteiger charge is 2.25. The van der Waals surface area contributed by atoms with E-state index in [1.54, 1.807) is 17.4 Å². The number of carbonyl (C=O) groups is 1. The van der Waals surface area contributed by atoms with Gasteiger partial charge < -0.3 is 29.9 Å². The van der Waals surface area contributed by atoms with E-state index in [4.69, 9.17) is 14.7 Å². The highest BCUT2D eigenvalue weighted by Crippen LogP contribution is 2.35. The summed E-state index contributed by atoms with van der Waals surface area (Å²) >= 11 is 1.57. The zero-order valence-corrected chi connectivity index (χ0v) is 21.8. The number of nitrogens with zero attached hydrogens (tertiary/aromatic N) is 6. The van der Waals surface area contributed by atoms with Gasteiger partial charge in [-0.15, -0.1) is 0 Å². The van der Waals surface area contributed by atoms with Gasteiger partial charge in [0.15, 0.2) is 16.6 Å². The van der Waals surface area contributed by atoms with Gasteiger partial charge in [-0.2, -0.15) is 4.98 Å². The van der Waals surface area contributed by atoms with Crippen LogP contribution in [0, 0.1) is 0 Å². The zero-order valence-electron chi connectivity index (χ0n) is 20.9. The largest absolute Gasteiger partial charge is 0.391 e. The molecule has 3 aromatic heterocycles. The van der Waals surface area contributed by atoms with Crippen LogP contribution in [0.4, 0.5) is 22.5 Å². The molecule has 196 valence electrons. The minimum absolute atomic E-state index is 0.267. The molecule has 0 radical (unpaired) electrons. The van der Waals surface area contributed by atoms with Crippen molar-refractivity contribution in [3.05, 3.63) is 30.0 Å². The molecule has 3 fully saturated rings. The van der Waals surface area contributed by atoms with Gasteiger partial charge in [-0.05, 0) is 50.3 Å². The van der Waals surface area contributed by atoms with Crippen LogP contribution >= 0.6 is 11.3 Å². The smallest absolute Gasteiger partial charge is 0.274 e. The number of hydrogen-bond acceptors (Lipinski definition) is 10. The number of rotatable bonds is 5. The Bertz CT molecular complexity index is 1260. The van der Waals surface area contributed by atoms with Crippen molar-refractivity contribution < 1.29 is 14.6 Å². The van der Waals surface area contributed by atoms with E-state index in [9.17, 15) is 9.90 Å². The van der Waals surface area contributed by atoms with Crippen molar-refractivity contribution in [3.63, 3.8) is 0 Å². The SMILES string of the molecule is O=C(Nc1cc2sc(N3CCOCC3)nc2nc1N1CCC[C@@H](O)C1)c1cccc(N2CCCCC2)n1. The third-order valence-corrected chi connectivity index (χ3v) is 8.28. The molecule has 3 aliphatic rings. The molecule has 1 amide bonds. The number of ether oxygens (including phenoxy) is 1. The maximum atomic E-state index is 13.4. The number of nitrogens with one attached hydrogen (secondary N) is 1. The van der Waals surface area contributed by atoms with Crippen LogP contribution < -0.4 is 20.0 Å². The van der Waals surface area contributed by atoms with Crippen LogP contribution in [0.15, 0.2) is 24.3 Å². The van der Waals surface area contributed by atoms with Crippen molar-refractivity contribution in [1.82, 2.24) is 15.0 Å². The number of carbonyl (C=O) groups excluding carboxylic acids is 1. The molecule has 1 atom stereocenters. The quantitative estimate of drug-likeness (QED) is 0.522. The van der Waals surface area contributed by atoms with Gasteiger partial charge in [0.25, 0.3) is 5.91 Å². The fraction of sp³-hybridized carbons (Fsp3) is 0.538. The maximum absolute atomic E-state index is 13.4. The van der Waals surface area contributed by atoms with Crippen molar-refractivity contribution in [2.45, 2.75) is 38.2 Å². The Kier molecular flexibility index (Phi) is 7.08. The molecule has 3 saturated heterocycles. The summed E-state index contributed by atoms with van der Waals surface area (Å²) in [7, 11) is 0. The predicted octanol–water partition coefficient (Wildman–Crippen LogP) is 3.13. The third-order valence-electron chi connectivity index (χ3n) is 7.22. The lowest BCUT2D eigenvalue weighted by atomic mass is 10.1. The molecule has 2 N–H and O–H groups in total. The molecule has 37 heavy (non-hydrogen) atoms. The average molecular weight is 524 g/mol. The first kappa shape index (κ1) is 24.3. The molecule has 0 aliphatic carbocycles. The van der Waals surface area contributed by atoms with Crippen LogP contribution in [0.1, 0.15) is 42.6 Å². The van der Waals surface area contributed by atoms with Gasteiger partial charge >= 0.3 is 0 Å². The summed E-state index contributed by atoms with van der Waals surface area (Å²) in [5.74, 6) is 1.22. The van der Waals surface area contributed by atoms with Crippen LogP contribution in [-0.2, 0) is 4.74 Å². The summed E-state index contributed by atoms with van der Waals surface area (Å²) in [5.41, 5.74) is 1.66. The van der Waals surface area contributed by atoms with Gasteiger partial charge in [0.2, 0.25) is 0 Å². The second-order valence-electron chi connectivity index (χ2n) is 9.90. The molecule has 6 heterocycles. The van der Waals surface area contributed by atoms with Gasteiger partial charge in [0.1, 0.15) is 11.5 Å². The van der Waals surface area contributed by atoms with E-state index in [2.05, 4.69) is 25.0 Å². The van der Waals surface area contributed by atoms with Gasteiger partial charge in [-0.3, -0.25) is 4.79 Å². The number of amides is 1. The van der Waals surface area contributed by atoms with E-state index in [-0.39, 0.29) is 5.91 Å². The van der Waals surface area contributed by atoms with Crippen LogP contribution in [0.5, 0.6) is 0 Å². The van der Waals surface area contributed by atoms with Gasteiger partial charge in [-0.25, -0.2) is 9.97 Å². The molecule has 0 aromatic carbocycles. The zero-order chi connectivity index (χ0) is 25.2. The van der Waals surface area contributed by atoms with E-state index in [0.29, 0.717) is 42.6 Å². The normalized spacial score (nSPS) is 20.9. The highest BCUT2D eigenvalue weighted by atomic mass is 32.1. The molecule has 0 bridgehead atoms. The number of aliphatic hydroxyl groups is 1. The van der Waals surface area contributed by atoms with Crippen molar-refractivity contribution >= 4 is 50.0 Å². The minimum Gasteiger partial charge on any atom is -0.391 e. The van der Waals surface area contributed by atoms with Crippen LogP contribution in [0.2, 0.25) is 0 Å². The summed E-state index contributed by atoms with van der Waals surface area (Å²) in [5, 5.41) is 14.3. The number of anilines is 4. The fourth-order valence-electron chi connectivity index (χ4n) is 5.25. The van der Waals surface area contributed by atoms with E-state index in [1.165, 1.54) is 6.42 Å². The third kappa shape index (κ3) is 5.34. The Morgan fingerprint density at radius 2 is 1.78 bits per heavy atom. The first-order chi connectivity index (χ1) is 18.1. The lowest BCUT2D eigenvalue weighted by Crippen LogP contribution is -2.39. The Morgan fingerprint density at radius 1 is 0.973 bits per heavy atom. The lowest BCUT2D eigenvalue weighted by Gasteiger charge is -2.32.